The van der Waals surface area contributed by atoms with Crippen molar-refractivity contribution in [3.63, 3.8) is 0 Å². The van der Waals surface area contributed by atoms with Crippen LogP contribution in [0.2, 0.25) is 5.02 Å². The molecule has 1 aromatic carbocycles. The molecule has 1 aromatic rings. The van der Waals surface area contributed by atoms with E-state index in [1.54, 1.807) is 0 Å². The molecule has 0 amide bonds. The Hall–Kier alpha value is -0.890. The van der Waals surface area contributed by atoms with Gasteiger partial charge in [0.1, 0.15) is 0 Å². The van der Waals surface area contributed by atoms with Crippen LogP contribution < -0.4 is 10.6 Å². The molecule has 3 heteroatoms. The van der Waals surface area contributed by atoms with Crippen LogP contribution in [-0.4, -0.2) is 13.6 Å². The molecule has 0 aliphatic rings. The Kier molecular flexibility index (Phi) is 6.20. The van der Waals surface area contributed by atoms with Gasteiger partial charge in [-0.05, 0) is 24.6 Å². The Bertz CT molecular complexity index is 339. The number of halogens is 1. The third-order valence-corrected chi connectivity index (χ3v) is 3.24. The number of hydrogen-bond acceptors (Lipinski definition) is 2. The van der Waals surface area contributed by atoms with Gasteiger partial charge in [0.2, 0.25) is 0 Å². The maximum absolute atomic E-state index is 5.98. The number of unbranched alkanes of at least 4 members (excludes halogenated alkanes) is 4. The maximum Gasteiger partial charge on any atom is 0.0612 e. The van der Waals surface area contributed by atoms with E-state index in [0.29, 0.717) is 0 Å². The molecule has 0 aromatic heterocycles. The molecule has 96 valence electrons. The number of rotatable bonds is 7. The Labute approximate surface area is 110 Å². The average Bonchev–Trinajstić information content (AvgIpc) is 2.32. The van der Waals surface area contributed by atoms with Crippen LogP contribution >= 0.6 is 11.6 Å². The first kappa shape index (κ1) is 14.2. The predicted octanol–water partition coefficient (Wildman–Crippen LogP) is 4.33. The van der Waals surface area contributed by atoms with Gasteiger partial charge in [-0.25, -0.2) is 0 Å². The van der Waals surface area contributed by atoms with Crippen molar-refractivity contribution in [1.82, 2.24) is 0 Å². The number of anilines is 2. The summed E-state index contributed by atoms with van der Waals surface area (Å²) in [5.74, 6) is 0. The summed E-state index contributed by atoms with van der Waals surface area (Å²) in [6.07, 6.45) is 6.45. The van der Waals surface area contributed by atoms with Crippen LogP contribution in [0.3, 0.4) is 0 Å². The van der Waals surface area contributed by atoms with E-state index < -0.39 is 0 Å². The van der Waals surface area contributed by atoms with Gasteiger partial charge in [-0.2, -0.15) is 0 Å². The van der Waals surface area contributed by atoms with E-state index in [1.165, 1.54) is 32.1 Å². The standard InChI is InChI=1S/C14H23ClN2/c1-3-4-5-6-7-10-17(2)14-11-12(15)8-9-13(14)16/h8-9,11H,3-7,10,16H2,1-2H3. The molecule has 0 heterocycles. The highest BCUT2D eigenvalue weighted by Gasteiger charge is 2.05. The lowest BCUT2D eigenvalue weighted by atomic mass is 10.1. The van der Waals surface area contributed by atoms with Crippen LogP contribution in [0.4, 0.5) is 11.4 Å². The summed E-state index contributed by atoms with van der Waals surface area (Å²) < 4.78 is 0. The number of hydrogen-bond donors (Lipinski definition) is 1. The smallest absolute Gasteiger partial charge is 0.0612 e. The molecule has 0 bridgehead atoms. The minimum Gasteiger partial charge on any atom is -0.397 e. The van der Waals surface area contributed by atoms with E-state index in [-0.39, 0.29) is 0 Å². The lowest BCUT2D eigenvalue weighted by Crippen LogP contribution is -2.19. The zero-order valence-corrected chi connectivity index (χ0v) is 11.6. The monoisotopic (exact) mass is 254 g/mol. The topological polar surface area (TPSA) is 29.3 Å². The molecular formula is C14H23ClN2. The molecule has 0 atom stereocenters. The summed E-state index contributed by atoms with van der Waals surface area (Å²) in [6.45, 7) is 3.27. The summed E-state index contributed by atoms with van der Waals surface area (Å²) in [5, 5.41) is 0.743. The molecule has 0 spiro atoms. The van der Waals surface area contributed by atoms with Crippen LogP contribution in [0, 0.1) is 0 Å². The van der Waals surface area contributed by atoms with Crippen LogP contribution in [0.1, 0.15) is 39.0 Å². The Morgan fingerprint density at radius 3 is 2.59 bits per heavy atom. The van der Waals surface area contributed by atoms with Crippen LogP contribution in [-0.2, 0) is 0 Å². The minimum atomic E-state index is 0.743. The lowest BCUT2D eigenvalue weighted by molar-refractivity contribution is 0.630. The van der Waals surface area contributed by atoms with Gasteiger partial charge in [0.15, 0.2) is 0 Å². The number of nitrogens with two attached hydrogens (primary N) is 1. The number of nitrogen functional groups attached to an aromatic ring is 1. The first-order chi connectivity index (χ1) is 8.15. The molecule has 2 nitrogen and oxygen atoms in total. The van der Waals surface area contributed by atoms with Gasteiger partial charge in [-0.1, -0.05) is 44.2 Å². The van der Waals surface area contributed by atoms with Crippen molar-refractivity contribution in [3.8, 4) is 0 Å². The van der Waals surface area contributed by atoms with Crippen molar-refractivity contribution >= 4 is 23.0 Å². The number of benzene rings is 1. The molecular weight excluding hydrogens is 232 g/mol. The minimum absolute atomic E-state index is 0.743. The van der Waals surface area contributed by atoms with Gasteiger partial charge in [-0.15, -0.1) is 0 Å². The fraction of sp³-hybridized carbons (Fsp3) is 0.571. The predicted molar refractivity (Wildman–Crippen MR) is 77.9 cm³/mol. The molecule has 0 radical (unpaired) electrons. The van der Waals surface area contributed by atoms with Gasteiger partial charge in [-0.3, -0.25) is 0 Å². The van der Waals surface area contributed by atoms with E-state index in [4.69, 9.17) is 17.3 Å². The van der Waals surface area contributed by atoms with E-state index in [2.05, 4.69) is 18.9 Å². The van der Waals surface area contributed by atoms with Crippen molar-refractivity contribution in [2.75, 3.05) is 24.2 Å². The summed E-state index contributed by atoms with van der Waals surface area (Å²) in [6, 6.07) is 5.63. The molecule has 0 aliphatic carbocycles. The highest BCUT2D eigenvalue weighted by molar-refractivity contribution is 6.31. The third-order valence-electron chi connectivity index (χ3n) is 3.00. The average molecular weight is 255 g/mol. The maximum atomic E-state index is 5.98. The fourth-order valence-corrected chi connectivity index (χ4v) is 2.09. The molecule has 0 aliphatic heterocycles. The second-order valence-electron chi connectivity index (χ2n) is 4.54. The molecule has 0 unspecified atom stereocenters. The first-order valence-electron chi connectivity index (χ1n) is 6.41. The highest BCUT2D eigenvalue weighted by atomic mass is 35.5. The number of nitrogens with zero attached hydrogens (tertiary/aromatic N) is 1. The Morgan fingerprint density at radius 2 is 1.88 bits per heavy atom. The SMILES string of the molecule is CCCCCCCN(C)c1cc(Cl)ccc1N. The van der Waals surface area contributed by atoms with Gasteiger partial charge in [0, 0.05) is 18.6 Å². The molecule has 2 N–H and O–H groups in total. The van der Waals surface area contributed by atoms with Crippen LogP contribution in [0.15, 0.2) is 18.2 Å². The van der Waals surface area contributed by atoms with Crippen LogP contribution in [0.25, 0.3) is 0 Å². The second kappa shape index (κ2) is 7.44. The largest absolute Gasteiger partial charge is 0.397 e. The molecule has 0 saturated heterocycles. The van der Waals surface area contributed by atoms with Crippen molar-refractivity contribution < 1.29 is 0 Å². The quantitative estimate of drug-likeness (QED) is 0.580. The summed E-state index contributed by atoms with van der Waals surface area (Å²) >= 11 is 5.98. The Morgan fingerprint density at radius 1 is 1.18 bits per heavy atom. The van der Waals surface area contributed by atoms with Gasteiger partial charge >= 0.3 is 0 Å². The summed E-state index contributed by atoms with van der Waals surface area (Å²) in [7, 11) is 2.07. The van der Waals surface area contributed by atoms with E-state index in [0.717, 1.165) is 22.9 Å². The molecule has 1 rings (SSSR count). The van der Waals surface area contributed by atoms with E-state index in [9.17, 15) is 0 Å². The first-order valence-corrected chi connectivity index (χ1v) is 6.79. The normalized spacial score (nSPS) is 10.5. The highest BCUT2D eigenvalue weighted by Crippen LogP contribution is 2.26. The van der Waals surface area contributed by atoms with E-state index >= 15 is 0 Å². The lowest BCUT2D eigenvalue weighted by Gasteiger charge is -2.21. The zero-order chi connectivity index (χ0) is 12.7. The summed E-state index contributed by atoms with van der Waals surface area (Å²) in [4.78, 5) is 2.19. The second-order valence-corrected chi connectivity index (χ2v) is 4.98. The fourth-order valence-electron chi connectivity index (χ4n) is 1.92. The molecule has 17 heavy (non-hydrogen) atoms. The van der Waals surface area contributed by atoms with Gasteiger partial charge < -0.3 is 10.6 Å². The van der Waals surface area contributed by atoms with Crippen molar-refractivity contribution in [2.24, 2.45) is 0 Å². The van der Waals surface area contributed by atoms with Crippen LogP contribution in [0.5, 0.6) is 0 Å². The Balaban J connectivity index is 2.41. The van der Waals surface area contributed by atoms with Crippen molar-refractivity contribution in [2.45, 2.75) is 39.0 Å². The van der Waals surface area contributed by atoms with E-state index in [1.807, 2.05) is 18.2 Å². The summed E-state index contributed by atoms with van der Waals surface area (Å²) in [5.41, 5.74) is 7.77. The molecule has 0 fully saturated rings. The van der Waals surface area contributed by atoms with Crippen molar-refractivity contribution in [1.29, 1.82) is 0 Å². The van der Waals surface area contributed by atoms with Gasteiger partial charge in [0.25, 0.3) is 0 Å². The third kappa shape index (κ3) is 4.86. The van der Waals surface area contributed by atoms with Crippen molar-refractivity contribution in [3.05, 3.63) is 23.2 Å². The molecule has 0 saturated carbocycles. The van der Waals surface area contributed by atoms with Gasteiger partial charge in [0.05, 0.1) is 11.4 Å². The zero-order valence-electron chi connectivity index (χ0n) is 10.9.